The molecule has 1 aromatic heterocycles. The lowest BCUT2D eigenvalue weighted by Crippen LogP contribution is -2.01. The van der Waals surface area contributed by atoms with Gasteiger partial charge in [0.25, 0.3) is 0 Å². The zero-order valence-corrected chi connectivity index (χ0v) is 13.4. The van der Waals surface area contributed by atoms with Crippen molar-refractivity contribution in [2.45, 2.75) is 32.1 Å². The molecule has 2 nitrogen and oxygen atoms in total. The maximum Gasteiger partial charge on any atom is 0.0729 e. The SMILES string of the molecule is Cc1nc2cccc(C3CCc4ccccc43)c2c2c1CCN2. The van der Waals surface area contributed by atoms with Crippen LogP contribution in [0, 0.1) is 6.92 Å². The van der Waals surface area contributed by atoms with Gasteiger partial charge in [-0.3, -0.25) is 4.98 Å². The smallest absolute Gasteiger partial charge is 0.0729 e. The molecule has 1 unspecified atom stereocenters. The number of rotatable bonds is 1. The van der Waals surface area contributed by atoms with Crippen LogP contribution in [0.1, 0.15) is 40.3 Å². The van der Waals surface area contributed by atoms with Crippen LogP contribution in [-0.2, 0) is 12.8 Å². The van der Waals surface area contributed by atoms with Gasteiger partial charge in [-0.25, -0.2) is 0 Å². The number of anilines is 1. The molecule has 1 N–H and O–H groups in total. The highest BCUT2D eigenvalue weighted by Gasteiger charge is 2.27. The Bertz CT molecular complexity index is 927. The van der Waals surface area contributed by atoms with E-state index in [1.165, 1.54) is 51.9 Å². The zero-order chi connectivity index (χ0) is 15.4. The van der Waals surface area contributed by atoms with Crippen molar-refractivity contribution >= 4 is 16.6 Å². The number of hydrogen-bond acceptors (Lipinski definition) is 2. The highest BCUT2D eigenvalue weighted by Crippen LogP contribution is 2.44. The number of fused-ring (bicyclic) bond motifs is 4. The summed E-state index contributed by atoms with van der Waals surface area (Å²) in [6, 6.07) is 15.6. The fourth-order valence-corrected chi connectivity index (χ4v) is 4.49. The van der Waals surface area contributed by atoms with Crippen LogP contribution in [0.5, 0.6) is 0 Å². The van der Waals surface area contributed by atoms with Crippen molar-refractivity contribution in [3.63, 3.8) is 0 Å². The average Bonchev–Trinajstić information content (AvgIpc) is 3.22. The van der Waals surface area contributed by atoms with Crippen molar-refractivity contribution in [3.05, 3.63) is 70.4 Å². The second-order valence-electron chi connectivity index (χ2n) is 6.76. The summed E-state index contributed by atoms with van der Waals surface area (Å²) in [7, 11) is 0. The number of aromatic nitrogens is 1. The third-order valence-corrected chi connectivity index (χ3v) is 5.54. The number of hydrogen-bond donors (Lipinski definition) is 1. The summed E-state index contributed by atoms with van der Waals surface area (Å²) in [5.74, 6) is 0.505. The molecule has 0 spiro atoms. The van der Waals surface area contributed by atoms with Crippen molar-refractivity contribution in [1.82, 2.24) is 4.98 Å². The van der Waals surface area contributed by atoms with Gasteiger partial charge in [0.2, 0.25) is 0 Å². The zero-order valence-electron chi connectivity index (χ0n) is 13.4. The normalized spacial score (nSPS) is 18.7. The van der Waals surface area contributed by atoms with Crippen LogP contribution in [0.2, 0.25) is 0 Å². The van der Waals surface area contributed by atoms with Gasteiger partial charge in [0.05, 0.1) is 5.52 Å². The first-order chi connectivity index (χ1) is 11.3. The fourth-order valence-electron chi connectivity index (χ4n) is 4.49. The first-order valence-electron chi connectivity index (χ1n) is 8.56. The standard InChI is InChI=1S/C21H20N2/c1-13-15-11-12-22-21(15)20-18(7-4-8-19(20)23-13)17-10-9-14-5-2-3-6-16(14)17/h2-8,17,22H,9-12H2,1H3. The summed E-state index contributed by atoms with van der Waals surface area (Å²) in [6.07, 6.45) is 3.49. The molecule has 1 aliphatic heterocycles. The van der Waals surface area contributed by atoms with Gasteiger partial charge in [-0.15, -0.1) is 0 Å². The molecule has 2 heteroatoms. The van der Waals surface area contributed by atoms with Crippen molar-refractivity contribution < 1.29 is 0 Å². The van der Waals surface area contributed by atoms with Crippen LogP contribution >= 0.6 is 0 Å². The van der Waals surface area contributed by atoms with Crippen LogP contribution in [-0.4, -0.2) is 11.5 Å². The van der Waals surface area contributed by atoms with E-state index in [9.17, 15) is 0 Å². The highest BCUT2D eigenvalue weighted by atomic mass is 14.9. The van der Waals surface area contributed by atoms with Gasteiger partial charge in [-0.2, -0.15) is 0 Å². The Morgan fingerprint density at radius 1 is 1.00 bits per heavy atom. The molecule has 2 aliphatic rings. The average molecular weight is 300 g/mol. The Balaban J connectivity index is 1.79. The number of aryl methyl sites for hydroxylation is 2. The minimum absolute atomic E-state index is 0.505. The molecule has 0 saturated carbocycles. The van der Waals surface area contributed by atoms with Crippen LogP contribution in [0.3, 0.4) is 0 Å². The quantitative estimate of drug-likeness (QED) is 0.711. The lowest BCUT2D eigenvalue weighted by atomic mass is 9.89. The Hall–Kier alpha value is -2.35. The van der Waals surface area contributed by atoms with Crippen molar-refractivity contribution in [1.29, 1.82) is 0 Å². The molecule has 0 amide bonds. The maximum atomic E-state index is 4.90. The number of nitrogens with one attached hydrogen (secondary N) is 1. The van der Waals surface area contributed by atoms with Gasteiger partial charge in [-0.1, -0.05) is 36.4 Å². The molecular formula is C21H20N2. The maximum absolute atomic E-state index is 4.90. The third-order valence-electron chi connectivity index (χ3n) is 5.54. The van der Waals surface area contributed by atoms with E-state index < -0.39 is 0 Å². The fraction of sp³-hybridized carbons (Fsp3) is 0.286. The second kappa shape index (κ2) is 4.82. The topological polar surface area (TPSA) is 24.9 Å². The summed E-state index contributed by atoms with van der Waals surface area (Å²) in [5.41, 5.74) is 9.54. The number of pyridine rings is 1. The Morgan fingerprint density at radius 2 is 1.87 bits per heavy atom. The van der Waals surface area contributed by atoms with Crippen LogP contribution in [0.25, 0.3) is 10.9 Å². The van der Waals surface area contributed by atoms with E-state index in [2.05, 4.69) is 54.7 Å². The Morgan fingerprint density at radius 3 is 2.83 bits per heavy atom. The highest BCUT2D eigenvalue weighted by molar-refractivity contribution is 5.97. The first-order valence-corrected chi connectivity index (χ1v) is 8.56. The van der Waals surface area contributed by atoms with E-state index in [1.807, 2.05) is 0 Å². The molecule has 5 rings (SSSR count). The predicted molar refractivity (Wildman–Crippen MR) is 95.3 cm³/mol. The lowest BCUT2D eigenvalue weighted by molar-refractivity contribution is 0.794. The minimum atomic E-state index is 0.505. The Kier molecular flexibility index (Phi) is 2.75. The number of nitrogens with zero attached hydrogens (tertiary/aromatic N) is 1. The monoisotopic (exact) mass is 300 g/mol. The second-order valence-corrected chi connectivity index (χ2v) is 6.76. The first kappa shape index (κ1) is 13.1. The summed E-state index contributed by atoms with van der Waals surface area (Å²) in [6.45, 7) is 3.18. The molecule has 0 fully saturated rings. The molecule has 3 aromatic rings. The van der Waals surface area contributed by atoms with Gasteiger partial charge in [-0.05, 0) is 54.5 Å². The molecule has 2 aromatic carbocycles. The predicted octanol–water partition coefficient (Wildman–Crippen LogP) is 4.59. The van der Waals surface area contributed by atoms with Gasteiger partial charge in [0.1, 0.15) is 0 Å². The summed E-state index contributed by atoms with van der Waals surface area (Å²) >= 11 is 0. The molecular weight excluding hydrogens is 280 g/mol. The van der Waals surface area contributed by atoms with Crippen molar-refractivity contribution in [2.75, 3.05) is 11.9 Å². The van der Waals surface area contributed by atoms with Crippen LogP contribution < -0.4 is 5.32 Å². The van der Waals surface area contributed by atoms with Crippen molar-refractivity contribution in [2.24, 2.45) is 0 Å². The molecule has 0 radical (unpaired) electrons. The largest absolute Gasteiger partial charge is 0.384 e. The van der Waals surface area contributed by atoms with Gasteiger partial charge < -0.3 is 5.32 Å². The van der Waals surface area contributed by atoms with E-state index in [0.717, 1.165) is 18.5 Å². The van der Waals surface area contributed by atoms with Gasteiger partial charge in [0, 0.05) is 29.2 Å². The van der Waals surface area contributed by atoms with Crippen LogP contribution in [0.4, 0.5) is 5.69 Å². The summed E-state index contributed by atoms with van der Waals surface area (Å²) in [5, 5.41) is 4.99. The van der Waals surface area contributed by atoms with E-state index >= 15 is 0 Å². The molecule has 1 aliphatic carbocycles. The molecule has 2 heterocycles. The third kappa shape index (κ3) is 1.84. The molecule has 1 atom stereocenters. The summed E-state index contributed by atoms with van der Waals surface area (Å²) < 4.78 is 0. The molecule has 0 saturated heterocycles. The molecule has 0 bridgehead atoms. The lowest BCUT2D eigenvalue weighted by Gasteiger charge is -2.18. The van der Waals surface area contributed by atoms with E-state index in [0.29, 0.717) is 5.92 Å². The summed E-state index contributed by atoms with van der Waals surface area (Å²) in [4.78, 5) is 4.90. The van der Waals surface area contributed by atoms with E-state index in [1.54, 1.807) is 0 Å². The molecule has 23 heavy (non-hydrogen) atoms. The van der Waals surface area contributed by atoms with Gasteiger partial charge in [0.15, 0.2) is 0 Å². The molecule has 114 valence electrons. The Labute approximate surface area is 136 Å². The minimum Gasteiger partial charge on any atom is -0.384 e. The van der Waals surface area contributed by atoms with Crippen molar-refractivity contribution in [3.8, 4) is 0 Å². The van der Waals surface area contributed by atoms with E-state index in [-0.39, 0.29) is 0 Å². The van der Waals surface area contributed by atoms with E-state index in [4.69, 9.17) is 4.98 Å². The van der Waals surface area contributed by atoms with Gasteiger partial charge >= 0.3 is 0 Å². The van der Waals surface area contributed by atoms with Crippen LogP contribution in [0.15, 0.2) is 42.5 Å². The number of benzene rings is 2.